The van der Waals surface area contributed by atoms with Crippen LogP contribution in [0.1, 0.15) is 42.1 Å². The van der Waals surface area contributed by atoms with Gasteiger partial charge in [0.25, 0.3) is 0 Å². The summed E-state index contributed by atoms with van der Waals surface area (Å²) in [4.78, 5) is 15.3. The molecule has 0 aromatic heterocycles. The number of fused-ring (bicyclic) bond motifs is 1. The minimum atomic E-state index is -0.0254. The predicted octanol–water partition coefficient (Wildman–Crippen LogP) is 4.96. The van der Waals surface area contributed by atoms with Gasteiger partial charge in [-0.05, 0) is 73.2 Å². The molecule has 0 aliphatic carbocycles. The maximum absolute atomic E-state index is 13.0. The Balaban J connectivity index is 1.61. The van der Waals surface area contributed by atoms with Crippen LogP contribution in [-0.2, 0) is 24.2 Å². The molecule has 0 bridgehead atoms. The molecule has 1 atom stereocenters. The van der Waals surface area contributed by atoms with Crippen molar-refractivity contribution < 1.29 is 23.7 Å². The van der Waals surface area contributed by atoms with Crippen molar-refractivity contribution >= 4 is 5.91 Å². The molecule has 3 aromatic rings. The third kappa shape index (κ3) is 6.58. The van der Waals surface area contributed by atoms with Gasteiger partial charge in [-0.2, -0.15) is 0 Å². The summed E-state index contributed by atoms with van der Waals surface area (Å²) >= 11 is 0. The van der Waals surface area contributed by atoms with E-state index in [4.69, 9.17) is 18.9 Å². The number of ether oxygens (including phenoxy) is 4. The Morgan fingerprint density at radius 2 is 1.58 bits per heavy atom. The molecule has 4 rings (SSSR count). The second-order valence-electron chi connectivity index (χ2n) is 9.76. The quantitative estimate of drug-likeness (QED) is 0.387. The van der Waals surface area contributed by atoms with Crippen LogP contribution in [0.2, 0.25) is 0 Å². The van der Waals surface area contributed by atoms with Gasteiger partial charge < -0.3 is 24.3 Å². The molecule has 7 nitrogen and oxygen atoms in total. The Hall–Kier alpha value is -3.71. The van der Waals surface area contributed by atoms with Crippen molar-refractivity contribution in [3.05, 3.63) is 82.9 Å². The van der Waals surface area contributed by atoms with Crippen LogP contribution in [0.5, 0.6) is 23.0 Å². The molecule has 1 amide bonds. The minimum absolute atomic E-state index is 0.000964. The van der Waals surface area contributed by atoms with E-state index in [9.17, 15) is 4.79 Å². The Morgan fingerprint density at radius 1 is 0.895 bits per heavy atom. The summed E-state index contributed by atoms with van der Waals surface area (Å²) in [7, 11) is 4.96. The SMILES string of the molecule is COc1cc2c(cc1OC)C(Cc1ccc(OC(C)C)c(OC)c1)N(CC(=O)NCc1ccccc1)CC2. The lowest BCUT2D eigenvalue weighted by Crippen LogP contribution is -2.43. The standard InChI is InChI=1S/C31H38N2O5/c1-21(2)38-27-12-11-23(16-28(27)35-3)15-26-25-18-30(37-5)29(36-4)17-24(25)13-14-33(26)20-31(34)32-19-22-9-7-6-8-10-22/h6-12,16-18,21,26H,13-15,19-20H2,1-5H3,(H,32,34). The van der Waals surface area contributed by atoms with Crippen LogP contribution < -0.4 is 24.3 Å². The number of carbonyl (C=O) groups excluding carboxylic acids is 1. The molecule has 0 radical (unpaired) electrons. The fraction of sp³-hybridized carbons (Fsp3) is 0.387. The van der Waals surface area contributed by atoms with E-state index in [1.54, 1.807) is 21.3 Å². The van der Waals surface area contributed by atoms with Crippen molar-refractivity contribution in [1.29, 1.82) is 0 Å². The van der Waals surface area contributed by atoms with E-state index in [1.807, 2.05) is 56.3 Å². The van der Waals surface area contributed by atoms with Gasteiger partial charge in [0.1, 0.15) is 0 Å². The zero-order valence-electron chi connectivity index (χ0n) is 23.0. The molecule has 202 valence electrons. The molecule has 1 N–H and O–H groups in total. The van der Waals surface area contributed by atoms with E-state index in [1.165, 1.54) is 5.56 Å². The number of amides is 1. The molecular weight excluding hydrogens is 480 g/mol. The topological polar surface area (TPSA) is 69.3 Å². The van der Waals surface area contributed by atoms with Gasteiger partial charge in [-0.3, -0.25) is 9.69 Å². The molecular formula is C31H38N2O5. The van der Waals surface area contributed by atoms with E-state index in [-0.39, 0.29) is 18.1 Å². The second-order valence-corrected chi connectivity index (χ2v) is 9.76. The normalized spacial score (nSPS) is 15.1. The first kappa shape index (κ1) is 27.3. The van der Waals surface area contributed by atoms with Gasteiger partial charge >= 0.3 is 0 Å². The third-order valence-electron chi connectivity index (χ3n) is 6.81. The van der Waals surface area contributed by atoms with Gasteiger partial charge in [-0.25, -0.2) is 0 Å². The Morgan fingerprint density at radius 3 is 2.26 bits per heavy atom. The maximum atomic E-state index is 13.0. The van der Waals surface area contributed by atoms with Gasteiger partial charge in [0, 0.05) is 19.1 Å². The molecule has 1 aliphatic rings. The largest absolute Gasteiger partial charge is 0.493 e. The molecule has 3 aromatic carbocycles. The lowest BCUT2D eigenvalue weighted by atomic mass is 9.88. The van der Waals surface area contributed by atoms with E-state index in [2.05, 4.69) is 28.4 Å². The number of hydrogen-bond donors (Lipinski definition) is 1. The molecule has 0 saturated carbocycles. The third-order valence-corrected chi connectivity index (χ3v) is 6.81. The molecule has 0 fully saturated rings. The first-order valence-electron chi connectivity index (χ1n) is 13.0. The van der Waals surface area contributed by atoms with Crippen LogP contribution in [0.4, 0.5) is 0 Å². The van der Waals surface area contributed by atoms with Gasteiger partial charge in [0.2, 0.25) is 5.91 Å². The van der Waals surface area contributed by atoms with Crippen LogP contribution in [0, 0.1) is 0 Å². The van der Waals surface area contributed by atoms with Crippen LogP contribution in [0.15, 0.2) is 60.7 Å². The fourth-order valence-corrected chi connectivity index (χ4v) is 4.96. The average Bonchev–Trinajstić information content (AvgIpc) is 2.93. The van der Waals surface area contributed by atoms with Crippen molar-refractivity contribution in [2.75, 3.05) is 34.4 Å². The zero-order valence-corrected chi connectivity index (χ0v) is 23.0. The molecule has 38 heavy (non-hydrogen) atoms. The van der Waals surface area contributed by atoms with Crippen LogP contribution in [0.25, 0.3) is 0 Å². The highest BCUT2D eigenvalue weighted by Gasteiger charge is 2.31. The van der Waals surface area contributed by atoms with Crippen LogP contribution in [0.3, 0.4) is 0 Å². The van der Waals surface area contributed by atoms with Crippen molar-refractivity contribution in [3.63, 3.8) is 0 Å². The first-order chi connectivity index (χ1) is 18.4. The number of methoxy groups -OCH3 is 3. The highest BCUT2D eigenvalue weighted by atomic mass is 16.5. The molecule has 1 heterocycles. The Labute approximate surface area is 225 Å². The monoisotopic (exact) mass is 518 g/mol. The number of carbonyl (C=O) groups is 1. The number of rotatable bonds is 11. The number of nitrogens with zero attached hydrogens (tertiary/aromatic N) is 1. The van der Waals surface area contributed by atoms with Crippen molar-refractivity contribution in [1.82, 2.24) is 10.2 Å². The highest BCUT2D eigenvalue weighted by molar-refractivity contribution is 5.78. The summed E-state index contributed by atoms with van der Waals surface area (Å²) < 4.78 is 22.7. The summed E-state index contributed by atoms with van der Waals surface area (Å²) in [5, 5.41) is 3.08. The minimum Gasteiger partial charge on any atom is -0.493 e. The molecule has 0 saturated heterocycles. The summed E-state index contributed by atoms with van der Waals surface area (Å²) in [5.74, 6) is 2.83. The smallest absolute Gasteiger partial charge is 0.234 e. The Kier molecular flexibility index (Phi) is 9.13. The number of nitrogens with one attached hydrogen (secondary N) is 1. The number of benzene rings is 3. The van der Waals surface area contributed by atoms with E-state index in [0.29, 0.717) is 31.0 Å². The van der Waals surface area contributed by atoms with E-state index < -0.39 is 0 Å². The van der Waals surface area contributed by atoms with Crippen LogP contribution in [-0.4, -0.2) is 51.3 Å². The lowest BCUT2D eigenvalue weighted by molar-refractivity contribution is -0.123. The predicted molar refractivity (Wildman–Crippen MR) is 148 cm³/mol. The highest BCUT2D eigenvalue weighted by Crippen LogP contribution is 2.40. The zero-order chi connectivity index (χ0) is 27.1. The van der Waals surface area contributed by atoms with Crippen LogP contribution >= 0.6 is 0 Å². The van der Waals surface area contributed by atoms with Crippen molar-refractivity contribution in [2.45, 2.75) is 45.4 Å². The van der Waals surface area contributed by atoms with Crippen molar-refractivity contribution in [3.8, 4) is 23.0 Å². The first-order valence-corrected chi connectivity index (χ1v) is 13.0. The van der Waals surface area contributed by atoms with Gasteiger partial charge in [0.05, 0.1) is 34.0 Å². The second kappa shape index (κ2) is 12.7. The van der Waals surface area contributed by atoms with Gasteiger partial charge in [-0.1, -0.05) is 36.4 Å². The fourth-order valence-electron chi connectivity index (χ4n) is 4.96. The van der Waals surface area contributed by atoms with E-state index >= 15 is 0 Å². The van der Waals surface area contributed by atoms with Crippen molar-refractivity contribution in [2.24, 2.45) is 0 Å². The number of hydrogen-bond acceptors (Lipinski definition) is 6. The molecule has 0 spiro atoms. The van der Waals surface area contributed by atoms with Gasteiger partial charge in [-0.15, -0.1) is 0 Å². The molecule has 1 aliphatic heterocycles. The molecule has 1 unspecified atom stereocenters. The Bertz CT molecular complexity index is 1230. The van der Waals surface area contributed by atoms with E-state index in [0.717, 1.165) is 41.2 Å². The average molecular weight is 519 g/mol. The summed E-state index contributed by atoms with van der Waals surface area (Å²) in [6, 6.07) is 20.1. The van der Waals surface area contributed by atoms with Gasteiger partial charge in [0.15, 0.2) is 23.0 Å². The summed E-state index contributed by atoms with van der Waals surface area (Å²) in [6.45, 7) is 5.56. The lowest BCUT2D eigenvalue weighted by Gasteiger charge is -2.37. The maximum Gasteiger partial charge on any atom is 0.234 e. The summed E-state index contributed by atoms with van der Waals surface area (Å²) in [6.07, 6.45) is 1.57. The molecule has 7 heteroatoms. The summed E-state index contributed by atoms with van der Waals surface area (Å²) in [5.41, 5.74) is 4.53.